The summed E-state index contributed by atoms with van der Waals surface area (Å²) in [5.41, 5.74) is 1.79. The molecule has 1 saturated heterocycles. The molecule has 20 heavy (non-hydrogen) atoms. The van der Waals surface area contributed by atoms with Crippen LogP contribution in [0.5, 0.6) is 0 Å². The van der Waals surface area contributed by atoms with Crippen LogP contribution in [0.3, 0.4) is 0 Å². The number of benzene rings is 1. The summed E-state index contributed by atoms with van der Waals surface area (Å²) in [5.74, 6) is 0. The average molecular weight is 296 g/mol. The average Bonchev–Trinajstić information content (AvgIpc) is 2.41. The van der Waals surface area contributed by atoms with Gasteiger partial charge in [0.15, 0.2) is 0 Å². The maximum Gasteiger partial charge on any atom is 0.243 e. The number of hydrogen-bond acceptors (Lipinski definition) is 3. The predicted molar refractivity (Wildman–Crippen MR) is 81.4 cm³/mol. The maximum absolute atomic E-state index is 12.8. The molecule has 1 heterocycles. The van der Waals surface area contributed by atoms with Gasteiger partial charge in [-0.05, 0) is 64.0 Å². The van der Waals surface area contributed by atoms with E-state index in [0.29, 0.717) is 4.90 Å². The van der Waals surface area contributed by atoms with Crippen LogP contribution >= 0.6 is 0 Å². The van der Waals surface area contributed by atoms with Gasteiger partial charge >= 0.3 is 0 Å². The van der Waals surface area contributed by atoms with Crippen molar-refractivity contribution in [2.24, 2.45) is 0 Å². The van der Waals surface area contributed by atoms with Crippen molar-refractivity contribution in [2.45, 2.75) is 37.6 Å². The Labute approximate surface area is 122 Å². The topological polar surface area (TPSA) is 40.6 Å². The third kappa shape index (κ3) is 3.05. The Morgan fingerprint density at radius 3 is 2.40 bits per heavy atom. The fourth-order valence-corrected chi connectivity index (χ4v) is 4.42. The van der Waals surface area contributed by atoms with E-state index in [9.17, 15) is 8.42 Å². The minimum absolute atomic E-state index is 0.108. The van der Waals surface area contributed by atoms with Crippen molar-refractivity contribution < 1.29 is 8.42 Å². The summed E-state index contributed by atoms with van der Waals surface area (Å²) in [7, 11) is 0.400. The normalized spacial score (nSPS) is 18.6. The van der Waals surface area contributed by atoms with Gasteiger partial charge in [0.1, 0.15) is 0 Å². The first kappa shape index (κ1) is 15.5. The summed E-state index contributed by atoms with van der Waals surface area (Å²) in [6, 6.07) is 5.71. The molecule has 0 unspecified atom stereocenters. The molecule has 1 aromatic carbocycles. The molecular weight excluding hydrogens is 272 g/mol. The molecule has 0 saturated carbocycles. The molecule has 0 bridgehead atoms. The number of aryl methyl sites for hydroxylation is 2. The number of hydrogen-bond donors (Lipinski definition) is 0. The van der Waals surface area contributed by atoms with E-state index in [2.05, 4.69) is 11.9 Å². The quantitative estimate of drug-likeness (QED) is 0.857. The second-order valence-electron chi connectivity index (χ2n) is 5.82. The Morgan fingerprint density at radius 1 is 1.20 bits per heavy atom. The van der Waals surface area contributed by atoms with Crippen molar-refractivity contribution in [3.63, 3.8) is 0 Å². The van der Waals surface area contributed by atoms with E-state index in [4.69, 9.17) is 0 Å². The summed E-state index contributed by atoms with van der Waals surface area (Å²) in [5, 5.41) is 0. The summed E-state index contributed by atoms with van der Waals surface area (Å²) in [6.45, 7) is 5.69. The zero-order valence-corrected chi connectivity index (χ0v) is 13.6. The molecule has 0 aliphatic carbocycles. The van der Waals surface area contributed by atoms with Gasteiger partial charge in [-0.3, -0.25) is 0 Å². The SMILES string of the molecule is Cc1ccc(C)c(S(=O)(=O)N(C)C2CCN(C)CC2)c1. The van der Waals surface area contributed by atoms with E-state index in [-0.39, 0.29) is 6.04 Å². The summed E-state index contributed by atoms with van der Waals surface area (Å²) >= 11 is 0. The molecular formula is C15H24N2O2S. The predicted octanol–water partition coefficient (Wildman–Crippen LogP) is 2.02. The molecule has 0 amide bonds. The lowest BCUT2D eigenvalue weighted by Gasteiger charge is -2.34. The first-order chi connectivity index (χ1) is 9.32. The van der Waals surface area contributed by atoms with Crippen LogP contribution in [0.2, 0.25) is 0 Å². The lowest BCUT2D eigenvalue weighted by molar-refractivity contribution is 0.197. The van der Waals surface area contributed by atoms with Crippen LogP contribution in [0.15, 0.2) is 23.1 Å². The van der Waals surface area contributed by atoms with Crippen LogP contribution in [-0.2, 0) is 10.0 Å². The fraction of sp³-hybridized carbons (Fsp3) is 0.600. The smallest absolute Gasteiger partial charge is 0.243 e. The van der Waals surface area contributed by atoms with Crippen molar-refractivity contribution in [2.75, 3.05) is 27.2 Å². The fourth-order valence-electron chi connectivity index (χ4n) is 2.70. The second kappa shape index (κ2) is 5.84. The molecule has 112 valence electrons. The number of piperidine rings is 1. The molecule has 2 rings (SSSR count). The zero-order chi connectivity index (χ0) is 14.9. The minimum atomic E-state index is -3.39. The first-order valence-corrected chi connectivity index (χ1v) is 8.50. The molecule has 0 radical (unpaired) electrons. The van der Waals surface area contributed by atoms with Gasteiger partial charge in [0.25, 0.3) is 0 Å². The minimum Gasteiger partial charge on any atom is -0.306 e. The second-order valence-corrected chi connectivity index (χ2v) is 7.79. The van der Waals surface area contributed by atoms with E-state index >= 15 is 0 Å². The van der Waals surface area contributed by atoms with E-state index in [1.165, 1.54) is 0 Å². The molecule has 4 nitrogen and oxygen atoms in total. The lowest BCUT2D eigenvalue weighted by atomic mass is 10.1. The van der Waals surface area contributed by atoms with Crippen LogP contribution in [0.1, 0.15) is 24.0 Å². The molecule has 0 atom stereocenters. The Bertz CT molecular complexity index is 576. The molecule has 0 N–H and O–H groups in total. The monoisotopic (exact) mass is 296 g/mol. The third-order valence-corrected chi connectivity index (χ3v) is 6.26. The highest BCUT2D eigenvalue weighted by Gasteiger charge is 2.30. The van der Waals surface area contributed by atoms with Gasteiger partial charge in [0.2, 0.25) is 10.0 Å². The van der Waals surface area contributed by atoms with Crippen molar-refractivity contribution in [1.29, 1.82) is 0 Å². The summed E-state index contributed by atoms with van der Waals surface area (Å²) in [4.78, 5) is 2.69. The largest absolute Gasteiger partial charge is 0.306 e. The highest BCUT2D eigenvalue weighted by molar-refractivity contribution is 7.89. The number of sulfonamides is 1. The lowest BCUT2D eigenvalue weighted by Crippen LogP contribution is -2.44. The van der Waals surface area contributed by atoms with Gasteiger partial charge in [-0.1, -0.05) is 12.1 Å². The van der Waals surface area contributed by atoms with Crippen LogP contribution in [0.25, 0.3) is 0 Å². The number of rotatable bonds is 3. The van der Waals surface area contributed by atoms with Gasteiger partial charge in [-0.25, -0.2) is 8.42 Å². The van der Waals surface area contributed by atoms with Gasteiger partial charge < -0.3 is 4.90 Å². The van der Waals surface area contributed by atoms with Crippen molar-refractivity contribution in [1.82, 2.24) is 9.21 Å². The molecule has 1 fully saturated rings. The van der Waals surface area contributed by atoms with Gasteiger partial charge in [-0.2, -0.15) is 4.31 Å². The van der Waals surface area contributed by atoms with Crippen molar-refractivity contribution in [3.05, 3.63) is 29.3 Å². The Balaban J connectivity index is 2.27. The first-order valence-electron chi connectivity index (χ1n) is 7.06. The Morgan fingerprint density at radius 2 is 1.80 bits per heavy atom. The molecule has 0 aromatic heterocycles. The van der Waals surface area contributed by atoms with E-state index in [0.717, 1.165) is 37.1 Å². The van der Waals surface area contributed by atoms with Crippen LogP contribution in [0, 0.1) is 13.8 Å². The van der Waals surface area contributed by atoms with Gasteiger partial charge in [0, 0.05) is 13.1 Å². The van der Waals surface area contributed by atoms with Crippen molar-refractivity contribution in [3.8, 4) is 0 Å². The van der Waals surface area contributed by atoms with Crippen LogP contribution < -0.4 is 0 Å². The highest BCUT2D eigenvalue weighted by atomic mass is 32.2. The molecule has 1 aliphatic rings. The van der Waals surface area contributed by atoms with E-state index in [1.807, 2.05) is 26.0 Å². The Hall–Kier alpha value is -0.910. The highest BCUT2D eigenvalue weighted by Crippen LogP contribution is 2.25. The third-order valence-electron chi connectivity index (χ3n) is 4.20. The summed E-state index contributed by atoms with van der Waals surface area (Å²) in [6.07, 6.45) is 1.80. The van der Waals surface area contributed by atoms with Crippen LogP contribution in [0.4, 0.5) is 0 Å². The van der Waals surface area contributed by atoms with Crippen LogP contribution in [-0.4, -0.2) is 50.8 Å². The van der Waals surface area contributed by atoms with Gasteiger partial charge in [0.05, 0.1) is 4.90 Å². The van der Waals surface area contributed by atoms with Gasteiger partial charge in [-0.15, -0.1) is 0 Å². The molecule has 1 aromatic rings. The van der Waals surface area contributed by atoms with E-state index in [1.54, 1.807) is 17.4 Å². The van der Waals surface area contributed by atoms with E-state index < -0.39 is 10.0 Å². The molecule has 1 aliphatic heterocycles. The Kier molecular flexibility index (Phi) is 4.52. The zero-order valence-electron chi connectivity index (χ0n) is 12.8. The number of nitrogens with zero attached hydrogens (tertiary/aromatic N) is 2. The standard InChI is InChI=1S/C15H24N2O2S/c1-12-5-6-13(2)15(11-12)20(18,19)17(4)14-7-9-16(3)10-8-14/h5-6,11,14H,7-10H2,1-4H3. The molecule has 0 spiro atoms. The molecule has 5 heteroatoms. The summed E-state index contributed by atoms with van der Waals surface area (Å²) < 4.78 is 27.2. The maximum atomic E-state index is 12.8. The number of likely N-dealkylation sites (tertiary alicyclic amines) is 1. The van der Waals surface area contributed by atoms with Crippen molar-refractivity contribution >= 4 is 10.0 Å².